The Balaban J connectivity index is 1.72. The summed E-state index contributed by atoms with van der Waals surface area (Å²) in [7, 11) is 1.52. The Bertz CT molecular complexity index is 1100. The first-order valence-electron chi connectivity index (χ1n) is 9.32. The van der Waals surface area contributed by atoms with Crippen LogP contribution in [0.1, 0.15) is 23.7 Å². The second-order valence-corrected chi connectivity index (χ2v) is 8.46. The molecule has 1 amide bonds. The fourth-order valence-electron chi connectivity index (χ4n) is 2.88. The van der Waals surface area contributed by atoms with Crippen molar-refractivity contribution in [3.8, 4) is 5.75 Å². The number of benzene rings is 2. The van der Waals surface area contributed by atoms with Crippen LogP contribution in [-0.2, 0) is 11.2 Å². The lowest BCUT2D eigenvalue weighted by molar-refractivity contribution is -0.115. The number of carbonyl (C=O) groups excluding carboxylic acids is 1. The first-order valence-corrected chi connectivity index (χ1v) is 10.6. The number of thioether (sulfide) groups is 1. The molecule has 0 aliphatic heterocycles. The van der Waals surface area contributed by atoms with Gasteiger partial charge in [0, 0.05) is 22.7 Å². The lowest BCUT2D eigenvalue weighted by Gasteiger charge is -2.14. The highest BCUT2D eigenvalue weighted by Crippen LogP contribution is 2.29. The molecule has 2 N–H and O–H groups in total. The van der Waals surface area contributed by atoms with E-state index in [4.69, 9.17) is 16.3 Å². The third-order valence-corrected chi connectivity index (χ3v) is 5.72. The summed E-state index contributed by atoms with van der Waals surface area (Å²) in [6.45, 7) is 3.55. The van der Waals surface area contributed by atoms with Crippen LogP contribution in [0.5, 0.6) is 5.75 Å². The van der Waals surface area contributed by atoms with E-state index in [0.717, 1.165) is 5.56 Å². The molecular weight excluding hydrogens is 422 g/mol. The molecule has 8 heteroatoms. The van der Waals surface area contributed by atoms with E-state index in [1.807, 2.05) is 30.3 Å². The molecule has 0 aliphatic rings. The summed E-state index contributed by atoms with van der Waals surface area (Å²) in [6.07, 6.45) is 0.505. The maximum atomic E-state index is 12.6. The zero-order chi connectivity index (χ0) is 21.7. The fourth-order valence-corrected chi connectivity index (χ4v) is 3.90. The van der Waals surface area contributed by atoms with Crippen LogP contribution in [0.4, 0.5) is 5.69 Å². The Morgan fingerprint density at radius 2 is 2.00 bits per heavy atom. The Hall–Kier alpha value is -2.77. The molecule has 0 saturated carbocycles. The van der Waals surface area contributed by atoms with Gasteiger partial charge < -0.3 is 15.0 Å². The van der Waals surface area contributed by atoms with E-state index < -0.39 is 5.25 Å². The molecule has 0 fully saturated rings. The number of nitrogens with one attached hydrogen (secondary N) is 2. The molecule has 156 valence electrons. The van der Waals surface area contributed by atoms with Crippen molar-refractivity contribution in [3.63, 3.8) is 0 Å². The molecule has 3 aromatic rings. The van der Waals surface area contributed by atoms with Gasteiger partial charge in [0.15, 0.2) is 5.16 Å². The zero-order valence-corrected chi connectivity index (χ0v) is 18.4. The van der Waals surface area contributed by atoms with E-state index >= 15 is 0 Å². The van der Waals surface area contributed by atoms with Gasteiger partial charge in [-0.1, -0.05) is 53.7 Å². The summed E-state index contributed by atoms with van der Waals surface area (Å²) in [4.78, 5) is 32.5. The number of aromatic nitrogens is 2. The van der Waals surface area contributed by atoms with E-state index in [2.05, 4.69) is 15.3 Å². The number of anilines is 1. The number of hydrogen-bond donors (Lipinski definition) is 2. The van der Waals surface area contributed by atoms with Gasteiger partial charge >= 0.3 is 0 Å². The van der Waals surface area contributed by atoms with Crippen LogP contribution in [-0.4, -0.2) is 28.2 Å². The van der Waals surface area contributed by atoms with Crippen molar-refractivity contribution in [2.45, 2.75) is 30.7 Å². The molecule has 0 bridgehead atoms. The topological polar surface area (TPSA) is 84.1 Å². The SMILES string of the molecule is COc1ccc(Cl)cc1NC(=O)C(C)Sc1nc(C)c(Cc2ccccc2)c(=O)[nH]1. The number of aryl methyl sites for hydroxylation is 1. The van der Waals surface area contributed by atoms with Gasteiger partial charge in [-0.25, -0.2) is 4.98 Å². The summed E-state index contributed by atoms with van der Waals surface area (Å²) in [5.41, 5.74) is 2.59. The third-order valence-electron chi connectivity index (χ3n) is 4.50. The molecule has 1 unspecified atom stereocenters. The lowest BCUT2D eigenvalue weighted by Crippen LogP contribution is -2.24. The van der Waals surface area contributed by atoms with Crippen LogP contribution in [0, 0.1) is 6.92 Å². The van der Waals surface area contributed by atoms with E-state index in [9.17, 15) is 9.59 Å². The first-order chi connectivity index (χ1) is 14.4. The van der Waals surface area contributed by atoms with Crippen molar-refractivity contribution < 1.29 is 9.53 Å². The quantitative estimate of drug-likeness (QED) is 0.416. The number of carbonyl (C=O) groups is 1. The van der Waals surface area contributed by atoms with Gasteiger partial charge in [-0.3, -0.25) is 9.59 Å². The standard InChI is InChI=1S/C22H22ClN3O3S/c1-13-17(11-15-7-5-4-6-8-15)21(28)26-22(24-13)30-14(2)20(27)25-18-12-16(23)9-10-19(18)29-3/h4-10,12,14H,11H2,1-3H3,(H,25,27)(H,24,26,28). The number of H-pyrrole nitrogens is 1. The average molecular weight is 444 g/mol. The molecular formula is C22H22ClN3O3S. The Morgan fingerprint density at radius 3 is 2.67 bits per heavy atom. The van der Waals surface area contributed by atoms with Crippen LogP contribution in [0.25, 0.3) is 0 Å². The molecule has 3 rings (SSSR count). The number of ether oxygens (including phenoxy) is 1. The summed E-state index contributed by atoms with van der Waals surface area (Å²) in [5, 5.41) is 3.19. The molecule has 0 radical (unpaired) electrons. The highest BCUT2D eigenvalue weighted by atomic mass is 35.5. The smallest absolute Gasteiger partial charge is 0.255 e. The Kier molecular flexibility index (Phi) is 7.18. The van der Waals surface area contributed by atoms with Gasteiger partial charge in [0.2, 0.25) is 5.91 Å². The minimum absolute atomic E-state index is 0.196. The van der Waals surface area contributed by atoms with Gasteiger partial charge in [0.1, 0.15) is 5.75 Å². The number of rotatable bonds is 7. The molecule has 0 spiro atoms. The largest absolute Gasteiger partial charge is 0.495 e. The van der Waals surface area contributed by atoms with Crippen molar-refractivity contribution in [2.24, 2.45) is 0 Å². The van der Waals surface area contributed by atoms with Crippen molar-refractivity contribution in [1.29, 1.82) is 0 Å². The zero-order valence-electron chi connectivity index (χ0n) is 16.9. The molecule has 1 heterocycles. The highest BCUT2D eigenvalue weighted by Gasteiger charge is 2.19. The van der Waals surface area contributed by atoms with E-state index in [1.54, 1.807) is 32.0 Å². The Morgan fingerprint density at radius 1 is 1.27 bits per heavy atom. The van der Waals surface area contributed by atoms with Crippen molar-refractivity contribution in [2.75, 3.05) is 12.4 Å². The second-order valence-electron chi connectivity index (χ2n) is 6.69. The van der Waals surface area contributed by atoms with Crippen LogP contribution in [0.2, 0.25) is 5.02 Å². The maximum absolute atomic E-state index is 12.6. The van der Waals surface area contributed by atoms with Crippen LogP contribution in [0.3, 0.4) is 0 Å². The summed E-state index contributed by atoms with van der Waals surface area (Å²) >= 11 is 7.19. The number of halogens is 1. The number of nitrogens with zero attached hydrogens (tertiary/aromatic N) is 1. The summed E-state index contributed by atoms with van der Waals surface area (Å²) in [5.74, 6) is 0.256. The van der Waals surface area contributed by atoms with Crippen molar-refractivity contribution in [3.05, 3.63) is 80.7 Å². The van der Waals surface area contributed by atoms with Gasteiger partial charge in [0.25, 0.3) is 5.56 Å². The van der Waals surface area contributed by atoms with Gasteiger partial charge in [-0.15, -0.1) is 0 Å². The summed E-state index contributed by atoms with van der Waals surface area (Å²) in [6, 6.07) is 14.7. The van der Waals surface area contributed by atoms with Gasteiger partial charge in [-0.05, 0) is 37.6 Å². The van der Waals surface area contributed by atoms with Crippen LogP contribution < -0.4 is 15.6 Å². The minimum atomic E-state index is -0.504. The highest BCUT2D eigenvalue weighted by molar-refractivity contribution is 8.00. The first kappa shape index (κ1) is 21.9. The molecule has 30 heavy (non-hydrogen) atoms. The lowest BCUT2D eigenvalue weighted by atomic mass is 10.1. The van der Waals surface area contributed by atoms with Gasteiger partial charge in [-0.2, -0.15) is 0 Å². The normalized spacial score (nSPS) is 11.7. The Labute approximate surface area is 184 Å². The number of methoxy groups -OCH3 is 1. The molecule has 1 atom stereocenters. The number of amides is 1. The monoisotopic (exact) mass is 443 g/mol. The predicted octanol–water partition coefficient (Wildman–Crippen LogP) is 4.45. The van der Waals surface area contributed by atoms with E-state index in [-0.39, 0.29) is 11.5 Å². The van der Waals surface area contributed by atoms with E-state index in [0.29, 0.717) is 39.3 Å². The molecule has 0 aliphatic carbocycles. The summed E-state index contributed by atoms with van der Waals surface area (Å²) < 4.78 is 5.25. The van der Waals surface area contributed by atoms with Crippen molar-refractivity contribution in [1.82, 2.24) is 9.97 Å². The molecule has 6 nitrogen and oxygen atoms in total. The third kappa shape index (κ3) is 5.43. The molecule has 1 aromatic heterocycles. The fraction of sp³-hybridized carbons (Fsp3) is 0.227. The average Bonchev–Trinajstić information content (AvgIpc) is 2.71. The van der Waals surface area contributed by atoms with Crippen LogP contribution in [0.15, 0.2) is 58.5 Å². The van der Waals surface area contributed by atoms with Gasteiger partial charge in [0.05, 0.1) is 18.0 Å². The molecule has 2 aromatic carbocycles. The van der Waals surface area contributed by atoms with Crippen LogP contribution >= 0.6 is 23.4 Å². The number of hydrogen-bond acceptors (Lipinski definition) is 5. The maximum Gasteiger partial charge on any atom is 0.255 e. The molecule has 0 saturated heterocycles. The second kappa shape index (κ2) is 9.82. The predicted molar refractivity (Wildman–Crippen MR) is 121 cm³/mol. The number of aromatic amines is 1. The van der Waals surface area contributed by atoms with E-state index in [1.165, 1.54) is 18.9 Å². The van der Waals surface area contributed by atoms with Crippen molar-refractivity contribution >= 4 is 35.0 Å². The minimum Gasteiger partial charge on any atom is -0.495 e.